The highest BCUT2D eigenvalue weighted by Crippen LogP contribution is 2.17. The fourth-order valence-electron chi connectivity index (χ4n) is 2.43. The van der Waals surface area contributed by atoms with Crippen molar-refractivity contribution in [3.63, 3.8) is 0 Å². The van der Waals surface area contributed by atoms with Gasteiger partial charge in [-0.3, -0.25) is 4.90 Å². The van der Waals surface area contributed by atoms with Crippen LogP contribution < -0.4 is 5.73 Å². The number of piperidine rings is 1. The van der Waals surface area contributed by atoms with Crippen molar-refractivity contribution in [1.29, 1.82) is 0 Å². The average molecular weight is 237 g/mol. The topological polar surface area (TPSA) is 45.6 Å². The number of hydrogen-bond acceptors (Lipinski definition) is 4. The lowest BCUT2D eigenvalue weighted by atomic mass is 10.0. The maximum Gasteiger partial charge on any atom is 0.118 e. The Morgan fingerprint density at radius 2 is 2.18 bits per heavy atom. The monoisotopic (exact) mass is 237 g/mol. The molecular formula is C13H23N3O. The molecule has 0 bridgehead atoms. The lowest BCUT2D eigenvalue weighted by Gasteiger charge is -2.34. The van der Waals surface area contributed by atoms with Gasteiger partial charge in [-0.25, -0.2) is 0 Å². The Hall–Kier alpha value is -0.840. The fraction of sp³-hybridized carbons (Fsp3) is 0.692. The molecule has 2 rings (SSSR count). The summed E-state index contributed by atoms with van der Waals surface area (Å²) in [5.41, 5.74) is 6.65. The van der Waals surface area contributed by atoms with E-state index in [1.165, 1.54) is 25.9 Å². The van der Waals surface area contributed by atoms with Crippen molar-refractivity contribution in [2.24, 2.45) is 5.73 Å². The molecule has 0 atom stereocenters. The van der Waals surface area contributed by atoms with E-state index in [4.69, 9.17) is 10.2 Å². The number of nitrogens with zero attached hydrogens (tertiary/aromatic N) is 2. The Balaban J connectivity index is 1.85. The first-order valence-electron chi connectivity index (χ1n) is 6.34. The molecule has 1 aliphatic heterocycles. The predicted molar refractivity (Wildman–Crippen MR) is 68.6 cm³/mol. The van der Waals surface area contributed by atoms with E-state index in [9.17, 15) is 0 Å². The van der Waals surface area contributed by atoms with Gasteiger partial charge in [0, 0.05) is 18.2 Å². The van der Waals surface area contributed by atoms with Gasteiger partial charge < -0.3 is 15.1 Å². The highest BCUT2D eigenvalue weighted by molar-refractivity contribution is 5.12. The molecule has 0 radical (unpaired) electrons. The highest BCUT2D eigenvalue weighted by Gasteiger charge is 2.21. The molecule has 17 heavy (non-hydrogen) atoms. The van der Waals surface area contributed by atoms with Crippen molar-refractivity contribution in [3.8, 4) is 0 Å². The largest absolute Gasteiger partial charge is 0.468 e. The first-order valence-corrected chi connectivity index (χ1v) is 6.34. The highest BCUT2D eigenvalue weighted by atomic mass is 16.3. The van der Waals surface area contributed by atoms with Gasteiger partial charge in [0.2, 0.25) is 0 Å². The fourth-order valence-corrected chi connectivity index (χ4v) is 2.43. The van der Waals surface area contributed by atoms with Gasteiger partial charge >= 0.3 is 0 Å². The van der Waals surface area contributed by atoms with Gasteiger partial charge in [0.15, 0.2) is 0 Å². The molecule has 1 aliphatic rings. The van der Waals surface area contributed by atoms with Crippen molar-refractivity contribution >= 4 is 0 Å². The minimum atomic E-state index is 0.557. The molecule has 0 saturated carbocycles. The van der Waals surface area contributed by atoms with Crippen molar-refractivity contribution < 1.29 is 4.42 Å². The van der Waals surface area contributed by atoms with Crippen LogP contribution in [0.3, 0.4) is 0 Å². The third-order valence-electron chi connectivity index (χ3n) is 3.66. The normalized spacial score (nSPS) is 19.1. The first kappa shape index (κ1) is 12.6. The molecule has 2 heterocycles. The Kier molecular flexibility index (Phi) is 4.20. The van der Waals surface area contributed by atoms with Crippen LogP contribution in [-0.2, 0) is 13.1 Å². The minimum Gasteiger partial charge on any atom is -0.468 e. The van der Waals surface area contributed by atoms with Crippen molar-refractivity contribution in [3.05, 3.63) is 23.7 Å². The van der Waals surface area contributed by atoms with Crippen LogP contribution in [0.1, 0.15) is 24.2 Å². The Bertz CT molecular complexity index is 342. The van der Waals surface area contributed by atoms with E-state index < -0.39 is 0 Å². The van der Waals surface area contributed by atoms with E-state index >= 15 is 0 Å². The van der Waals surface area contributed by atoms with Gasteiger partial charge in [-0.15, -0.1) is 0 Å². The van der Waals surface area contributed by atoms with Crippen molar-refractivity contribution in [2.45, 2.75) is 32.0 Å². The summed E-state index contributed by atoms with van der Waals surface area (Å²) in [5, 5.41) is 0. The molecule has 1 saturated heterocycles. The van der Waals surface area contributed by atoms with Crippen LogP contribution in [0.5, 0.6) is 0 Å². The summed E-state index contributed by atoms with van der Waals surface area (Å²) in [6.45, 7) is 3.83. The lowest BCUT2D eigenvalue weighted by molar-refractivity contribution is 0.132. The molecule has 0 unspecified atom stereocenters. The molecule has 96 valence electrons. The van der Waals surface area contributed by atoms with Crippen molar-refractivity contribution in [1.82, 2.24) is 9.80 Å². The maximum atomic E-state index is 5.57. The molecule has 0 aromatic carbocycles. The minimum absolute atomic E-state index is 0.557. The van der Waals surface area contributed by atoms with E-state index in [1.807, 2.05) is 0 Å². The molecule has 4 nitrogen and oxygen atoms in total. The van der Waals surface area contributed by atoms with E-state index in [-0.39, 0.29) is 0 Å². The van der Waals surface area contributed by atoms with Crippen LogP contribution in [-0.4, -0.2) is 43.0 Å². The summed E-state index contributed by atoms with van der Waals surface area (Å²) in [6, 6.07) is 2.74. The quantitative estimate of drug-likeness (QED) is 0.856. The smallest absolute Gasteiger partial charge is 0.118 e. The molecule has 1 fully saturated rings. The SMILES string of the molecule is CN1CCC(N(C)Cc2cc(CN)co2)CC1. The molecule has 0 spiro atoms. The van der Waals surface area contributed by atoms with Crippen LogP contribution in [0.4, 0.5) is 0 Å². The summed E-state index contributed by atoms with van der Waals surface area (Å²) < 4.78 is 5.51. The molecule has 0 aliphatic carbocycles. The maximum absolute atomic E-state index is 5.57. The van der Waals surface area contributed by atoms with E-state index in [1.54, 1.807) is 6.26 Å². The van der Waals surface area contributed by atoms with Gasteiger partial charge in [0.05, 0.1) is 12.8 Å². The Labute approximate surface area is 103 Å². The number of rotatable bonds is 4. The van der Waals surface area contributed by atoms with Crippen LogP contribution in [0, 0.1) is 0 Å². The van der Waals surface area contributed by atoms with Crippen LogP contribution >= 0.6 is 0 Å². The molecule has 2 N–H and O–H groups in total. The number of hydrogen-bond donors (Lipinski definition) is 1. The molecule has 4 heteroatoms. The second-order valence-electron chi connectivity index (χ2n) is 5.07. The average Bonchev–Trinajstić information content (AvgIpc) is 2.77. The lowest BCUT2D eigenvalue weighted by Crippen LogP contribution is -2.41. The summed E-state index contributed by atoms with van der Waals surface area (Å²) in [5.74, 6) is 1.02. The standard InChI is InChI=1S/C13H23N3O/c1-15-5-3-12(4-6-15)16(2)9-13-7-11(8-14)10-17-13/h7,10,12H,3-6,8-9,14H2,1-2H3. The summed E-state index contributed by atoms with van der Waals surface area (Å²) in [4.78, 5) is 4.79. The zero-order valence-electron chi connectivity index (χ0n) is 10.9. The predicted octanol–water partition coefficient (Wildman–Crippen LogP) is 1.26. The molecule has 0 amide bonds. The first-order chi connectivity index (χ1) is 8.19. The Morgan fingerprint density at radius 3 is 2.76 bits per heavy atom. The van der Waals surface area contributed by atoms with Gasteiger partial charge in [-0.1, -0.05) is 0 Å². The zero-order chi connectivity index (χ0) is 12.3. The van der Waals surface area contributed by atoms with E-state index in [2.05, 4.69) is 30.0 Å². The van der Waals surface area contributed by atoms with E-state index in [0.717, 1.165) is 17.9 Å². The van der Waals surface area contributed by atoms with Gasteiger partial charge in [-0.2, -0.15) is 0 Å². The van der Waals surface area contributed by atoms with Gasteiger partial charge in [0.25, 0.3) is 0 Å². The number of furan rings is 1. The van der Waals surface area contributed by atoms with Gasteiger partial charge in [-0.05, 0) is 46.1 Å². The Morgan fingerprint density at radius 1 is 1.47 bits per heavy atom. The summed E-state index contributed by atoms with van der Waals surface area (Å²) >= 11 is 0. The van der Waals surface area contributed by atoms with Crippen LogP contribution in [0.25, 0.3) is 0 Å². The van der Waals surface area contributed by atoms with Gasteiger partial charge in [0.1, 0.15) is 5.76 Å². The van der Waals surface area contributed by atoms with Crippen LogP contribution in [0.2, 0.25) is 0 Å². The van der Waals surface area contributed by atoms with E-state index in [0.29, 0.717) is 12.6 Å². The third kappa shape index (κ3) is 3.31. The third-order valence-corrected chi connectivity index (χ3v) is 3.66. The second kappa shape index (κ2) is 5.67. The second-order valence-corrected chi connectivity index (χ2v) is 5.07. The number of nitrogens with two attached hydrogens (primary N) is 1. The van der Waals surface area contributed by atoms with Crippen LogP contribution in [0.15, 0.2) is 16.7 Å². The summed E-state index contributed by atoms with van der Waals surface area (Å²) in [7, 11) is 4.37. The molecule has 1 aromatic rings. The van der Waals surface area contributed by atoms with Crippen molar-refractivity contribution in [2.75, 3.05) is 27.2 Å². The summed E-state index contributed by atoms with van der Waals surface area (Å²) in [6.07, 6.45) is 4.26. The number of likely N-dealkylation sites (tertiary alicyclic amines) is 1. The zero-order valence-corrected chi connectivity index (χ0v) is 10.9. The molecular weight excluding hydrogens is 214 g/mol. The molecule has 1 aromatic heterocycles.